The molecule has 2 unspecified atom stereocenters. The highest BCUT2D eigenvalue weighted by molar-refractivity contribution is 5.14. The first-order chi connectivity index (χ1) is 7.81. The maximum atomic E-state index is 3.30. The van der Waals surface area contributed by atoms with E-state index in [1.54, 1.807) is 0 Å². The maximum Gasteiger partial charge on any atom is 0.0236 e. The van der Waals surface area contributed by atoms with Gasteiger partial charge in [0, 0.05) is 12.6 Å². The predicted octanol–water partition coefficient (Wildman–Crippen LogP) is 2.12. The lowest BCUT2D eigenvalue weighted by Crippen LogP contribution is -2.33. The van der Waals surface area contributed by atoms with E-state index in [2.05, 4.69) is 47.5 Å². The molecule has 1 aliphatic heterocycles. The third kappa shape index (κ3) is 2.63. The van der Waals surface area contributed by atoms with E-state index in [0.717, 1.165) is 19.0 Å². The molecule has 0 saturated carbocycles. The minimum Gasteiger partial charge on any atom is -0.319 e. The molecule has 0 radical (unpaired) electrons. The first-order valence-corrected chi connectivity index (χ1v) is 6.24. The van der Waals surface area contributed by atoms with E-state index in [4.69, 9.17) is 0 Å². The quantitative estimate of drug-likeness (QED) is 0.832. The van der Waals surface area contributed by atoms with Crippen LogP contribution in [0, 0.1) is 5.92 Å². The molecule has 1 aliphatic rings. The van der Waals surface area contributed by atoms with Crippen molar-refractivity contribution in [2.24, 2.45) is 5.92 Å². The fourth-order valence-electron chi connectivity index (χ4n) is 2.65. The molecule has 1 aromatic carbocycles. The number of nitrogens with one attached hydrogen (secondary N) is 1. The number of nitrogens with zero attached hydrogens (tertiary/aromatic N) is 1. The molecule has 0 spiro atoms. The zero-order valence-electron chi connectivity index (χ0n) is 10.3. The van der Waals surface area contributed by atoms with E-state index in [1.807, 2.05) is 7.05 Å². The molecule has 88 valence electrons. The molecule has 2 heteroatoms. The Morgan fingerprint density at radius 1 is 1.31 bits per heavy atom. The standard InChI is InChI=1S/C14H22N2/c1-12-14(10-15-2)8-9-16(12)11-13-6-4-3-5-7-13/h3-7,12,14-15H,8-11H2,1-2H3. The highest BCUT2D eigenvalue weighted by Gasteiger charge is 2.29. The van der Waals surface area contributed by atoms with Crippen molar-refractivity contribution in [3.63, 3.8) is 0 Å². The van der Waals surface area contributed by atoms with Gasteiger partial charge in [-0.05, 0) is 45.0 Å². The van der Waals surface area contributed by atoms with Crippen LogP contribution < -0.4 is 5.32 Å². The van der Waals surface area contributed by atoms with Crippen LogP contribution in [0.5, 0.6) is 0 Å². The van der Waals surface area contributed by atoms with Gasteiger partial charge < -0.3 is 5.32 Å². The minimum absolute atomic E-state index is 0.702. The molecule has 1 N–H and O–H groups in total. The molecule has 0 aromatic heterocycles. The van der Waals surface area contributed by atoms with Crippen LogP contribution in [0.4, 0.5) is 0 Å². The van der Waals surface area contributed by atoms with Gasteiger partial charge in [-0.1, -0.05) is 30.3 Å². The van der Waals surface area contributed by atoms with Crippen molar-refractivity contribution < 1.29 is 0 Å². The van der Waals surface area contributed by atoms with Crippen LogP contribution in [0.3, 0.4) is 0 Å². The van der Waals surface area contributed by atoms with Crippen molar-refractivity contribution in [3.8, 4) is 0 Å². The van der Waals surface area contributed by atoms with Gasteiger partial charge in [-0.2, -0.15) is 0 Å². The van der Waals surface area contributed by atoms with E-state index >= 15 is 0 Å². The maximum absolute atomic E-state index is 3.30. The summed E-state index contributed by atoms with van der Waals surface area (Å²) in [7, 11) is 2.05. The predicted molar refractivity (Wildman–Crippen MR) is 68.3 cm³/mol. The summed E-state index contributed by atoms with van der Waals surface area (Å²) in [6.45, 7) is 5.84. The summed E-state index contributed by atoms with van der Waals surface area (Å²) in [6, 6.07) is 11.5. The normalized spacial score (nSPS) is 26.1. The average molecular weight is 218 g/mol. The molecule has 1 fully saturated rings. The van der Waals surface area contributed by atoms with Gasteiger partial charge in [-0.25, -0.2) is 0 Å². The van der Waals surface area contributed by atoms with Gasteiger partial charge in [-0.15, -0.1) is 0 Å². The van der Waals surface area contributed by atoms with Gasteiger partial charge in [0.1, 0.15) is 0 Å². The Kier molecular flexibility index (Phi) is 3.97. The van der Waals surface area contributed by atoms with Crippen molar-refractivity contribution in [2.75, 3.05) is 20.1 Å². The van der Waals surface area contributed by atoms with Gasteiger partial charge >= 0.3 is 0 Å². The lowest BCUT2D eigenvalue weighted by atomic mass is 10.0. The lowest BCUT2D eigenvalue weighted by Gasteiger charge is -2.24. The first kappa shape index (κ1) is 11.6. The van der Waals surface area contributed by atoms with E-state index in [1.165, 1.54) is 18.5 Å². The zero-order chi connectivity index (χ0) is 11.4. The van der Waals surface area contributed by atoms with Gasteiger partial charge in [0.05, 0.1) is 0 Å². The average Bonchev–Trinajstić information content (AvgIpc) is 2.64. The highest BCUT2D eigenvalue weighted by atomic mass is 15.2. The van der Waals surface area contributed by atoms with Gasteiger partial charge in [0.15, 0.2) is 0 Å². The molecule has 1 aromatic rings. The van der Waals surface area contributed by atoms with Crippen molar-refractivity contribution in [1.29, 1.82) is 0 Å². The van der Waals surface area contributed by atoms with Crippen LogP contribution in [-0.2, 0) is 6.54 Å². The molecule has 16 heavy (non-hydrogen) atoms. The Hall–Kier alpha value is -0.860. The summed E-state index contributed by atoms with van der Waals surface area (Å²) in [6.07, 6.45) is 1.33. The molecule has 1 heterocycles. The van der Waals surface area contributed by atoms with E-state index in [-0.39, 0.29) is 0 Å². The summed E-state index contributed by atoms with van der Waals surface area (Å²) < 4.78 is 0. The molecular weight excluding hydrogens is 196 g/mol. The van der Waals surface area contributed by atoms with Crippen LogP contribution in [0.1, 0.15) is 18.9 Å². The molecule has 2 atom stereocenters. The Morgan fingerprint density at radius 2 is 2.06 bits per heavy atom. The van der Waals surface area contributed by atoms with Crippen LogP contribution in [0.15, 0.2) is 30.3 Å². The molecule has 0 aliphatic carbocycles. The van der Waals surface area contributed by atoms with Crippen LogP contribution in [-0.4, -0.2) is 31.1 Å². The smallest absolute Gasteiger partial charge is 0.0236 e. The third-order valence-corrected chi connectivity index (χ3v) is 3.74. The number of rotatable bonds is 4. The van der Waals surface area contributed by atoms with E-state index in [0.29, 0.717) is 6.04 Å². The number of benzene rings is 1. The van der Waals surface area contributed by atoms with Crippen LogP contribution in [0.25, 0.3) is 0 Å². The van der Waals surface area contributed by atoms with Crippen molar-refractivity contribution in [2.45, 2.75) is 25.9 Å². The largest absolute Gasteiger partial charge is 0.319 e. The second-order valence-corrected chi connectivity index (χ2v) is 4.80. The van der Waals surface area contributed by atoms with E-state index in [9.17, 15) is 0 Å². The number of likely N-dealkylation sites (tertiary alicyclic amines) is 1. The van der Waals surface area contributed by atoms with Gasteiger partial charge in [0.25, 0.3) is 0 Å². The molecule has 2 rings (SSSR count). The molecule has 2 nitrogen and oxygen atoms in total. The van der Waals surface area contributed by atoms with Gasteiger partial charge in [0.2, 0.25) is 0 Å². The Balaban J connectivity index is 1.92. The molecule has 1 saturated heterocycles. The molecular formula is C14H22N2. The fourth-order valence-corrected chi connectivity index (χ4v) is 2.65. The molecule has 0 bridgehead atoms. The SMILES string of the molecule is CNCC1CCN(Cc2ccccc2)C1C. The van der Waals surface area contributed by atoms with Crippen molar-refractivity contribution in [1.82, 2.24) is 10.2 Å². The second kappa shape index (κ2) is 5.46. The van der Waals surface area contributed by atoms with E-state index < -0.39 is 0 Å². The zero-order valence-corrected chi connectivity index (χ0v) is 10.3. The summed E-state index contributed by atoms with van der Waals surface area (Å²) in [5.41, 5.74) is 1.43. The summed E-state index contributed by atoms with van der Waals surface area (Å²) in [4.78, 5) is 2.59. The van der Waals surface area contributed by atoms with Crippen molar-refractivity contribution in [3.05, 3.63) is 35.9 Å². The fraction of sp³-hybridized carbons (Fsp3) is 0.571. The van der Waals surface area contributed by atoms with Gasteiger partial charge in [-0.3, -0.25) is 4.90 Å². The third-order valence-electron chi connectivity index (χ3n) is 3.74. The monoisotopic (exact) mass is 218 g/mol. The van der Waals surface area contributed by atoms with Crippen molar-refractivity contribution >= 4 is 0 Å². The number of hydrogen-bond donors (Lipinski definition) is 1. The van der Waals surface area contributed by atoms with Crippen LogP contribution >= 0.6 is 0 Å². The van der Waals surface area contributed by atoms with Crippen LogP contribution in [0.2, 0.25) is 0 Å². The second-order valence-electron chi connectivity index (χ2n) is 4.80. The Morgan fingerprint density at radius 3 is 2.75 bits per heavy atom. The lowest BCUT2D eigenvalue weighted by molar-refractivity contribution is 0.232. The number of hydrogen-bond acceptors (Lipinski definition) is 2. The first-order valence-electron chi connectivity index (χ1n) is 6.24. The Bertz CT molecular complexity index is 310. The summed E-state index contributed by atoms with van der Waals surface area (Å²) >= 11 is 0. The molecule has 0 amide bonds. The summed E-state index contributed by atoms with van der Waals surface area (Å²) in [5, 5.41) is 3.30. The Labute approximate surface area is 98.7 Å². The summed E-state index contributed by atoms with van der Waals surface area (Å²) in [5.74, 6) is 0.814. The minimum atomic E-state index is 0.702. The highest BCUT2D eigenvalue weighted by Crippen LogP contribution is 2.25. The topological polar surface area (TPSA) is 15.3 Å².